The number of aromatic nitrogens is 2. The first kappa shape index (κ1) is 13.8. The number of hydrogen-bond donors (Lipinski definition) is 2. The van der Waals surface area contributed by atoms with E-state index in [0.717, 1.165) is 17.6 Å². The number of amides is 1. The van der Waals surface area contributed by atoms with Crippen LogP contribution in [-0.2, 0) is 9.84 Å². The molecule has 96 valence electrons. The van der Waals surface area contributed by atoms with Crippen LogP contribution in [0.3, 0.4) is 0 Å². The van der Waals surface area contributed by atoms with Crippen LogP contribution in [-0.4, -0.2) is 49.6 Å². The molecule has 9 heteroatoms. The molecule has 1 amide bonds. The van der Waals surface area contributed by atoms with Crippen molar-refractivity contribution in [1.29, 1.82) is 0 Å². The largest absolute Gasteiger partial charge is 0.363 e. The smallest absolute Gasteiger partial charge is 0.282 e. The molecule has 0 aliphatic heterocycles. The Labute approximate surface area is 104 Å². The number of anilines is 1. The van der Waals surface area contributed by atoms with E-state index >= 15 is 0 Å². The van der Waals surface area contributed by atoms with E-state index in [1.807, 2.05) is 0 Å². The molecule has 1 aromatic heterocycles. The van der Waals surface area contributed by atoms with Crippen LogP contribution in [0.1, 0.15) is 16.7 Å². The molecule has 7 nitrogen and oxygen atoms in total. The van der Waals surface area contributed by atoms with Crippen LogP contribution in [0.2, 0.25) is 0 Å². The molecule has 0 aliphatic carbocycles. The van der Waals surface area contributed by atoms with Crippen molar-refractivity contribution in [2.24, 2.45) is 0 Å². The molecule has 0 aliphatic rings. The summed E-state index contributed by atoms with van der Waals surface area (Å²) in [5.41, 5.74) is 0. The average molecular weight is 278 g/mol. The predicted octanol–water partition coefficient (Wildman–Crippen LogP) is -0.257. The van der Waals surface area contributed by atoms with Crippen molar-refractivity contribution in [2.75, 3.05) is 24.4 Å². The molecule has 0 saturated carbocycles. The van der Waals surface area contributed by atoms with Gasteiger partial charge in [-0.2, -0.15) is 0 Å². The van der Waals surface area contributed by atoms with Gasteiger partial charge in [0.25, 0.3) is 5.91 Å². The molecule has 0 saturated heterocycles. The Hall–Kier alpha value is -1.22. The van der Waals surface area contributed by atoms with E-state index in [0.29, 0.717) is 5.13 Å². The van der Waals surface area contributed by atoms with Gasteiger partial charge in [-0.05, 0) is 6.92 Å². The minimum absolute atomic E-state index is 0.101. The summed E-state index contributed by atoms with van der Waals surface area (Å²) in [7, 11) is -1.44. The minimum atomic E-state index is -3.11. The van der Waals surface area contributed by atoms with Crippen molar-refractivity contribution >= 4 is 32.2 Å². The Kier molecular flexibility index (Phi) is 4.40. The Morgan fingerprint density at radius 1 is 1.47 bits per heavy atom. The van der Waals surface area contributed by atoms with E-state index in [-0.39, 0.29) is 10.8 Å². The van der Waals surface area contributed by atoms with E-state index in [9.17, 15) is 13.2 Å². The molecule has 17 heavy (non-hydrogen) atoms. The van der Waals surface area contributed by atoms with Gasteiger partial charge in [0.05, 0.1) is 5.75 Å². The highest BCUT2D eigenvalue weighted by molar-refractivity contribution is 7.90. The molecule has 1 heterocycles. The number of carbonyl (C=O) groups excluding carboxylic acids is 1. The number of nitrogens with one attached hydrogen (secondary N) is 2. The number of hydrogen-bond acceptors (Lipinski definition) is 7. The van der Waals surface area contributed by atoms with Crippen LogP contribution in [0, 0.1) is 0 Å². The highest BCUT2D eigenvalue weighted by Gasteiger charge is 2.17. The highest BCUT2D eigenvalue weighted by Crippen LogP contribution is 2.13. The van der Waals surface area contributed by atoms with Crippen LogP contribution < -0.4 is 10.6 Å². The van der Waals surface area contributed by atoms with Crippen LogP contribution in [0.4, 0.5) is 5.13 Å². The maximum atomic E-state index is 11.6. The third kappa shape index (κ3) is 4.65. The predicted molar refractivity (Wildman–Crippen MR) is 66.1 cm³/mol. The van der Waals surface area contributed by atoms with Gasteiger partial charge in [0, 0.05) is 19.3 Å². The number of nitrogens with zero attached hydrogens (tertiary/aromatic N) is 2. The first-order chi connectivity index (χ1) is 7.81. The molecule has 2 N–H and O–H groups in total. The summed E-state index contributed by atoms with van der Waals surface area (Å²) < 4.78 is 22.0. The third-order valence-electron chi connectivity index (χ3n) is 1.76. The van der Waals surface area contributed by atoms with Crippen molar-refractivity contribution in [2.45, 2.75) is 13.0 Å². The summed E-state index contributed by atoms with van der Waals surface area (Å²) in [6.45, 7) is 1.62. The van der Waals surface area contributed by atoms with E-state index in [1.54, 1.807) is 14.0 Å². The zero-order valence-corrected chi connectivity index (χ0v) is 11.4. The zero-order valence-electron chi connectivity index (χ0n) is 9.72. The summed E-state index contributed by atoms with van der Waals surface area (Å²) in [6, 6.07) is -0.459. The average Bonchev–Trinajstić information content (AvgIpc) is 2.62. The quantitative estimate of drug-likeness (QED) is 0.769. The second-order valence-electron chi connectivity index (χ2n) is 3.63. The van der Waals surface area contributed by atoms with Gasteiger partial charge in [-0.15, -0.1) is 10.2 Å². The summed E-state index contributed by atoms with van der Waals surface area (Å²) in [4.78, 5) is 11.6. The van der Waals surface area contributed by atoms with Gasteiger partial charge in [0.2, 0.25) is 10.1 Å². The van der Waals surface area contributed by atoms with Gasteiger partial charge in [0.1, 0.15) is 9.84 Å². The molecule has 0 aromatic carbocycles. The highest BCUT2D eigenvalue weighted by atomic mass is 32.2. The van der Waals surface area contributed by atoms with Gasteiger partial charge in [-0.1, -0.05) is 11.3 Å². The second kappa shape index (κ2) is 5.41. The van der Waals surface area contributed by atoms with Crippen molar-refractivity contribution in [1.82, 2.24) is 15.5 Å². The van der Waals surface area contributed by atoms with Gasteiger partial charge in [0.15, 0.2) is 0 Å². The van der Waals surface area contributed by atoms with Crippen LogP contribution in [0.15, 0.2) is 0 Å². The van der Waals surface area contributed by atoms with Crippen LogP contribution in [0.25, 0.3) is 0 Å². The van der Waals surface area contributed by atoms with Crippen molar-refractivity contribution in [3.63, 3.8) is 0 Å². The number of carbonyl (C=O) groups is 1. The van der Waals surface area contributed by atoms with Gasteiger partial charge >= 0.3 is 0 Å². The van der Waals surface area contributed by atoms with E-state index < -0.39 is 21.8 Å². The van der Waals surface area contributed by atoms with E-state index in [1.165, 1.54) is 0 Å². The first-order valence-corrected chi connectivity index (χ1v) is 7.69. The van der Waals surface area contributed by atoms with Gasteiger partial charge in [-0.3, -0.25) is 4.79 Å². The lowest BCUT2D eigenvalue weighted by Crippen LogP contribution is -2.37. The lowest BCUT2D eigenvalue weighted by molar-refractivity contribution is 0.0942. The normalized spacial score (nSPS) is 13.1. The summed E-state index contributed by atoms with van der Waals surface area (Å²) in [5.74, 6) is -0.517. The Balaban J connectivity index is 2.60. The van der Waals surface area contributed by atoms with Crippen molar-refractivity contribution < 1.29 is 13.2 Å². The first-order valence-electron chi connectivity index (χ1n) is 4.81. The van der Waals surface area contributed by atoms with Crippen LogP contribution >= 0.6 is 11.3 Å². The molecular formula is C8H14N4O3S2. The van der Waals surface area contributed by atoms with E-state index in [2.05, 4.69) is 20.8 Å². The maximum absolute atomic E-state index is 11.6. The van der Waals surface area contributed by atoms with Crippen molar-refractivity contribution in [3.05, 3.63) is 5.01 Å². The summed E-state index contributed by atoms with van der Waals surface area (Å²) in [6.07, 6.45) is 1.12. The molecule has 0 fully saturated rings. The summed E-state index contributed by atoms with van der Waals surface area (Å²) >= 11 is 1.11. The molecule has 0 bridgehead atoms. The monoisotopic (exact) mass is 278 g/mol. The SMILES string of the molecule is CNc1nnc(C(=O)NC(C)CS(C)(=O)=O)s1. The molecule has 1 unspecified atom stereocenters. The third-order valence-corrected chi connectivity index (χ3v) is 3.81. The molecule has 0 radical (unpaired) electrons. The second-order valence-corrected chi connectivity index (χ2v) is 6.79. The maximum Gasteiger partial charge on any atom is 0.282 e. The lowest BCUT2D eigenvalue weighted by atomic mass is 10.4. The molecule has 1 aromatic rings. The fourth-order valence-electron chi connectivity index (χ4n) is 1.20. The fourth-order valence-corrected chi connectivity index (χ4v) is 2.79. The molecule has 0 spiro atoms. The number of rotatable bonds is 5. The number of sulfone groups is 1. The minimum Gasteiger partial charge on any atom is -0.363 e. The zero-order chi connectivity index (χ0) is 13.1. The Morgan fingerprint density at radius 2 is 2.12 bits per heavy atom. The van der Waals surface area contributed by atoms with Gasteiger partial charge < -0.3 is 10.6 Å². The molecule has 1 atom stereocenters. The fraction of sp³-hybridized carbons (Fsp3) is 0.625. The van der Waals surface area contributed by atoms with Crippen LogP contribution in [0.5, 0.6) is 0 Å². The van der Waals surface area contributed by atoms with E-state index in [4.69, 9.17) is 0 Å². The molecule has 1 rings (SSSR count). The standard InChI is InChI=1S/C8H14N4O3S2/c1-5(4-17(3,14)15)10-6(13)7-11-12-8(9-2)16-7/h5H,4H2,1-3H3,(H,9,12)(H,10,13). The Morgan fingerprint density at radius 3 is 2.59 bits per heavy atom. The van der Waals surface area contributed by atoms with Gasteiger partial charge in [-0.25, -0.2) is 8.42 Å². The molecular weight excluding hydrogens is 264 g/mol. The lowest BCUT2D eigenvalue weighted by Gasteiger charge is -2.10. The summed E-state index contributed by atoms with van der Waals surface area (Å²) in [5, 5.41) is 13.4. The Bertz CT molecular complexity index is 497. The van der Waals surface area contributed by atoms with Crippen molar-refractivity contribution in [3.8, 4) is 0 Å². The topological polar surface area (TPSA) is 101 Å².